The Balaban J connectivity index is 2.46. The normalized spacial score (nSPS) is 23.7. The van der Waals surface area contributed by atoms with E-state index in [1.807, 2.05) is 0 Å². The molecule has 1 aliphatic heterocycles. The summed E-state index contributed by atoms with van der Waals surface area (Å²) in [6.07, 6.45) is 16.9. The molecule has 0 bridgehead atoms. The van der Waals surface area contributed by atoms with Gasteiger partial charge in [0.2, 0.25) is 5.91 Å². The van der Waals surface area contributed by atoms with E-state index < -0.39 is 49.5 Å². The molecule has 0 spiro atoms. The van der Waals surface area contributed by atoms with Crippen LogP contribution in [-0.4, -0.2) is 87.5 Å². The molecule has 0 aliphatic carbocycles. The molecule has 0 aromatic heterocycles. The standard InChI is InChI=1S/C34H67NO8/c1-3-5-7-9-11-13-14-15-16-17-19-21-23-28(37)27(35-30(38)24-22-20-18-12-10-8-6-4-2)26-42-34-33(41)32(40)31(39)29(25-36)43-34/h27-29,31-34,36-37,39-41H,3-26H2,1-2H3,(H,35,38). The first kappa shape index (κ1) is 40.2. The minimum Gasteiger partial charge on any atom is -0.394 e. The van der Waals surface area contributed by atoms with Crippen LogP contribution >= 0.6 is 0 Å². The molecule has 0 saturated carbocycles. The third-order valence-corrected chi connectivity index (χ3v) is 8.71. The molecule has 9 nitrogen and oxygen atoms in total. The summed E-state index contributed by atoms with van der Waals surface area (Å²) in [6, 6.07) is -0.707. The molecule has 1 fully saturated rings. The summed E-state index contributed by atoms with van der Waals surface area (Å²) in [5.74, 6) is -0.151. The van der Waals surface area contributed by atoms with E-state index in [1.165, 1.54) is 89.9 Å². The van der Waals surface area contributed by atoms with Gasteiger partial charge < -0.3 is 40.3 Å². The van der Waals surface area contributed by atoms with E-state index in [-0.39, 0.29) is 12.5 Å². The van der Waals surface area contributed by atoms with Gasteiger partial charge >= 0.3 is 0 Å². The highest BCUT2D eigenvalue weighted by molar-refractivity contribution is 5.76. The second-order valence-corrected chi connectivity index (χ2v) is 12.7. The number of unbranched alkanes of at least 4 members (excludes halogenated alkanes) is 18. The maximum absolute atomic E-state index is 12.8. The van der Waals surface area contributed by atoms with E-state index in [1.54, 1.807) is 0 Å². The van der Waals surface area contributed by atoms with Crippen LogP contribution in [0.2, 0.25) is 0 Å². The predicted octanol–water partition coefficient (Wildman–Crippen LogP) is 5.27. The van der Waals surface area contributed by atoms with Crippen molar-refractivity contribution >= 4 is 5.91 Å². The first-order chi connectivity index (χ1) is 20.8. The molecule has 0 aromatic carbocycles. The Labute approximate surface area is 262 Å². The molecule has 0 aromatic rings. The lowest BCUT2D eigenvalue weighted by Gasteiger charge is -2.40. The van der Waals surface area contributed by atoms with Gasteiger partial charge in [-0.25, -0.2) is 0 Å². The van der Waals surface area contributed by atoms with Crippen LogP contribution in [0.25, 0.3) is 0 Å². The van der Waals surface area contributed by atoms with Gasteiger partial charge in [-0.2, -0.15) is 0 Å². The molecule has 6 N–H and O–H groups in total. The number of amides is 1. The van der Waals surface area contributed by atoms with E-state index in [4.69, 9.17) is 9.47 Å². The molecule has 1 saturated heterocycles. The topological polar surface area (TPSA) is 149 Å². The Morgan fingerprint density at radius 3 is 1.65 bits per heavy atom. The van der Waals surface area contributed by atoms with E-state index in [9.17, 15) is 30.3 Å². The van der Waals surface area contributed by atoms with Gasteiger partial charge in [-0.05, 0) is 12.8 Å². The maximum atomic E-state index is 12.8. The number of hydrogen-bond acceptors (Lipinski definition) is 8. The van der Waals surface area contributed by atoms with Crippen molar-refractivity contribution in [2.24, 2.45) is 0 Å². The first-order valence-corrected chi connectivity index (χ1v) is 17.7. The Hall–Kier alpha value is -0.810. The van der Waals surface area contributed by atoms with Crippen molar-refractivity contribution in [2.75, 3.05) is 13.2 Å². The zero-order chi connectivity index (χ0) is 31.7. The average Bonchev–Trinajstić information content (AvgIpc) is 3.00. The molecule has 7 unspecified atom stereocenters. The van der Waals surface area contributed by atoms with Crippen molar-refractivity contribution in [1.29, 1.82) is 0 Å². The lowest BCUT2D eigenvalue weighted by molar-refractivity contribution is -0.302. The summed E-state index contributed by atoms with van der Waals surface area (Å²) in [5.41, 5.74) is 0. The predicted molar refractivity (Wildman–Crippen MR) is 171 cm³/mol. The summed E-state index contributed by atoms with van der Waals surface area (Å²) < 4.78 is 11.1. The van der Waals surface area contributed by atoms with Gasteiger partial charge in [0, 0.05) is 6.42 Å². The summed E-state index contributed by atoms with van der Waals surface area (Å²) in [5, 5.41) is 53.8. The van der Waals surface area contributed by atoms with Gasteiger partial charge in [-0.15, -0.1) is 0 Å². The summed E-state index contributed by atoms with van der Waals surface area (Å²) in [7, 11) is 0. The first-order valence-electron chi connectivity index (χ1n) is 17.7. The number of ether oxygens (including phenoxy) is 2. The Morgan fingerprint density at radius 2 is 1.16 bits per heavy atom. The van der Waals surface area contributed by atoms with Crippen LogP contribution in [0, 0.1) is 0 Å². The van der Waals surface area contributed by atoms with Gasteiger partial charge in [0.25, 0.3) is 0 Å². The molecular formula is C34H67NO8. The highest BCUT2D eigenvalue weighted by Crippen LogP contribution is 2.23. The van der Waals surface area contributed by atoms with E-state index >= 15 is 0 Å². The van der Waals surface area contributed by atoms with E-state index in [0.29, 0.717) is 12.8 Å². The van der Waals surface area contributed by atoms with E-state index in [2.05, 4.69) is 19.2 Å². The number of aliphatic hydroxyl groups is 5. The molecule has 9 heteroatoms. The van der Waals surface area contributed by atoms with Crippen LogP contribution in [0.4, 0.5) is 0 Å². The Bertz CT molecular complexity index is 652. The number of aliphatic hydroxyl groups excluding tert-OH is 5. The van der Waals surface area contributed by atoms with Crippen LogP contribution in [0.15, 0.2) is 0 Å². The SMILES string of the molecule is CCCCCCCCCCCCCCC(O)C(COC1OC(CO)C(O)C(O)C1O)NC(=O)CCCCCCCCCC. The number of nitrogens with one attached hydrogen (secondary N) is 1. The smallest absolute Gasteiger partial charge is 0.220 e. The minimum absolute atomic E-state index is 0.134. The quantitative estimate of drug-likeness (QED) is 0.0651. The fourth-order valence-corrected chi connectivity index (χ4v) is 5.75. The summed E-state index contributed by atoms with van der Waals surface area (Å²) in [6.45, 7) is 3.76. The second-order valence-electron chi connectivity index (χ2n) is 12.7. The van der Waals surface area contributed by atoms with Crippen molar-refractivity contribution in [3.8, 4) is 0 Å². The fourth-order valence-electron chi connectivity index (χ4n) is 5.75. The van der Waals surface area contributed by atoms with Crippen LogP contribution in [-0.2, 0) is 14.3 Å². The van der Waals surface area contributed by atoms with Gasteiger partial charge in [-0.1, -0.05) is 136 Å². The van der Waals surface area contributed by atoms with Gasteiger partial charge in [0.15, 0.2) is 6.29 Å². The molecule has 1 rings (SSSR count). The Morgan fingerprint density at radius 1 is 0.698 bits per heavy atom. The van der Waals surface area contributed by atoms with Crippen molar-refractivity contribution in [1.82, 2.24) is 5.32 Å². The highest BCUT2D eigenvalue weighted by Gasteiger charge is 2.44. The monoisotopic (exact) mass is 617 g/mol. The number of hydrogen-bond donors (Lipinski definition) is 6. The van der Waals surface area contributed by atoms with Crippen LogP contribution < -0.4 is 5.32 Å². The summed E-state index contributed by atoms with van der Waals surface area (Å²) >= 11 is 0. The van der Waals surface area contributed by atoms with Crippen LogP contribution in [0.1, 0.15) is 155 Å². The van der Waals surface area contributed by atoms with Gasteiger partial charge in [0.05, 0.1) is 25.4 Å². The van der Waals surface area contributed by atoms with Crippen molar-refractivity contribution < 1.29 is 39.8 Å². The molecule has 0 radical (unpaired) electrons. The largest absolute Gasteiger partial charge is 0.394 e. The Kier molecular flexibility index (Phi) is 24.7. The number of carbonyl (C=O) groups excluding carboxylic acids is 1. The number of carbonyl (C=O) groups is 1. The third kappa shape index (κ3) is 18.7. The fraction of sp³-hybridized carbons (Fsp3) is 0.971. The molecular weight excluding hydrogens is 550 g/mol. The third-order valence-electron chi connectivity index (χ3n) is 8.71. The minimum atomic E-state index is -1.54. The van der Waals surface area contributed by atoms with Gasteiger partial charge in [0.1, 0.15) is 24.4 Å². The number of rotatable bonds is 28. The average molecular weight is 618 g/mol. The van der Waals surface area contributed by atoms with Crippen molar-refractivity contribution in [3.05, 3.63) is 0 Å². The molecule has 1 heterocycles. The zero-order valence-electron chi connectivity index (χ0n) is 27.5. The molecule has 7 atom stereocenters. The van der Waals surface area contributed by atoms with Crippen LogP contribution in [0.3, 0.4) is 0 Å². The van der Waals surface area contributed by atoms with Gasteiger partial charge in [-0.3, -0.25) is 4.79 Å². The van der Waals surface area contributed by atoms with E-state index in [0.717, 1.165) is 38.5 Å². The second kappa shape index (κ2) is 26.4. The van der Waals surface area contributed by atoms with Crippen molar-refractivity contribution in [2.45, 2.75) is 198 Å². The molecule has 1 aliphatic rings. The lowest BCUT2D eigenvalue weighted by Crippen LogP contribution is -2.60. The lowest BCUT2D eigenvalue weighted by atomic mass is 9.99. The van der Waals surface area contributed by atoms with Crippen molar-refractivity contribution in [3.63, 3.8) is 0 Å². The molecule has 1 amide bonds. The summed E-state index contributed by atoms with van der Waals surface area (Å²) in [4.78, 5) is 12.8. The zero-order valence-corrected chi connectivity index (χ0v) is 27.5. The molecule has 256 valence electrons. The van der Waals surface area contributed by atoms with Crippen LogP contribution in [0.5, 0.6) is 0 Å². The molecule has 43 heavy (non-hydrogen) atoms. The maximum Gasteiger partial charge on any atom is 0.220 e. The highest BCUT2D eigenvalue weighted by atomic mass is 16.7.